The van der Waals surface area contributed by atoms with E-state index in [0.717, 1.165) is 4.90 Å². The fraction of sp³-hybridized carbons (Fsp3) is 0.250. The van der Waals surface area contributed by atoms with Gasteiger partial charge < -0.3 is 16.2 Å². The Bertz CT molecular complexity index is 895. The molecule has 0 saturated carbocycles. The van der Waals surface area contributed by atoms with Crippen LogP contribution in [0, 0.1) is 23.2 Å². The minimum Gasteiger partial charge on any atom is -0.369 e. The lowest BCUT2D eigenvalue weighted by molar-refractivity contribution is -0.153. The maximum absolute atomic E-state index is 12.7. The van der Waals surface area contributed by atoms with Gasteiger partial charge in [-0.05, 0) is 24.0 Å². The number of carbonyl (C=O) groups excluding carboxylic acids is 2. The summed E-state index contributed by atoms with van der Waals surface area (Å²) < 4.78 is 0. The van der Waals surface area contributed by atoms with Gasteiger partial charge in [0.2, 0.25) is 11.8 Å². The molecule has 2 aromatic rings. The standard InChI is InChI=1S/C20H19N3O3S/c1-27-14-9-7-12(8-10-14)16-15(11-21)20(26,13-5-3-2-4-6-13)23-19(25)17(16)18(22)24/h2-10,15-17,26H,1H3,(H2,22,24)(H,23,25)/t15-,16+,17-,20-/m1/s1. The first-order valence-corrected chi connectivity index (χ1v) is 9.57. The maximum atomic E-state index is 12.7. The quantitative estimate of drug-likeness (QED) is 0.551. The van der Waals surface area contributed by atoms with Crippen molar-refractivity contribution >= 4 is 23.6 Å². The first-order chi connectivity index (χ1) is 12.9. The maximum Gasteiger partial charge on any atom is 0.235 e. The predicted octanol–water partition coefficient (Wildman–Crippen LogP) is 1.71. The Morgan fingerprint density at radius 3 is 2.37 bits per heavy atom. The Morgan fingerprint density at radius 1 is 1.22 bits per heavy atom. The summed E-state index contributed by atoms with van der Waals surface area (Å²) >= 11 is 1.55. The number of rotatable bonds is 4. The summed E-state index contributed by atoms with van der Waals surface area (Å²) in [5.74, 6) is -4.75. The molecule has 0 spiro atoms. The Labute approximate surface area is 161 Å². The summed E-state index contributed by atoms with van der Waals surface area (Å²) in [4.78, 5) is 25.8. The lowest BCUT2D eigenvalue weighted by Gasteiger charge is -2.44. The Morgan fingerprint density at radius 2 is 1.85 bits per heavy atom. The molecule has 0 aromatic heterocycles. The summed E-state index contributed by atoms with van der Waals surface area (Å²) in [7, 11) is 0. The molecule has 27 heavy (non-hydrogen) atoms. The van der Waals surface area contributed by atoms with Gasteiger partial charge in [-0.3, -0.25) is 9.59 Å². The van der Waals surface area contributed by atoms with Crippen molar-refractivity contribution in [3.05, 3.63) is 65.7 Å². The van der Waals surface area contributed by atoms with E-state index in [1.54, 1.807) is 54.2 Å². The average molecular weight is 381 g/mol. The number of carbonyl (C=O) groups is 2. The number of nitrogens with two attached hydrogens (primary N) is 1. The van der Waals surface area contributed by atoms with Crippen LogP contribution in [0.4, 0.5) is 0 Å². The van der Waals surface area contributed by atoms with Crippen molar-refractivity contribution in [2.24, 2.45) is 17.6 Å². The van der Waals surface area contributed by atoms with E-state index < -0.39 is 35.3 Å². The van der Waals surface area contributed by atoms with Crippen molar-refractivity contribution < 1.29 is 14.7 Å². The number of nitriles is 1. The van der Waals surface area contributed by atoms with E-state index in [-0.39, 0.29) is 0 Å². The molecule has 1 heterocycles. The van der Waals surface area contributed by atoms with Gasteiger partial charge in [0.1, 0.15) is 11.8 Å². The van der Waals surface area contributed by atoms with E-state index in [1.807, 2.05) is 18.4 Å². The molecule has 7 heteroatoms. The van der Waals surface area contributed by atoms with Crippen LogP contribution in [-0.2, 0) is 15.3 Å². The smallest absolute Gasteiger partial charge is 0.235 e. The van der Waals surface area contributed by atoms with E-state index in [2.05, 4.69) is 11.4 Å². The summed E-state index contributed by atoms with van der Waals surface area (Å²) in [5, 5.41) is 23.6. The normalized spacial score (nSPS) is 27.4. The number of nitrogens with zero attached hydrogens (tertiary/aromatic N) is 1. The number of hydrogen-bond donors (Lipinski definition) is 3. The molecule has 3 rings (SSSR count). The summed E-state index contributed by atoms with van der Waals surface area (Å²) in [6, 6.07) is 17.8. The van der Waals surface area contributed by atoms with Gasteiger partial charge in [-0.1, -0.05) is 42.5 Å². The van der Waals surface area contributed by atoms with Gasteiger partial charge in [-0.2, -0.15) is 5.26 Å². The summed E-state index contributed by atoms with van der Waals surface area (Å²) in [6.07, 6.45) is 1.93. The van der Waals surface area contributed by atoms with Crippen molar-refractivity contribution in [3.63, 3.8) is 0 Å². The van der Waals surface area contributed by atoms with Gasteiger partial charge >= 0.3 is 0 Å². The molecule has 1 saturated heterocycles. The van der Waals surface area contributed by atoms with Crippen molar-refractivity contribution in [1.82, 2.24) is 5.32 Å². The molecule has 4 atom stereocenters. The third-order valence-electron chi connectivity index (χ3n) is 4.92. The minimum absolute atomic E-state index is 0.374. The van der Waals surface area contributed by atoms with Crippen LogP contribution in [-0.4, -0.2) is 23.2 Å². The van der Waals surface area contributed by atoms with Crippen molar-refractivity contribution in [3.8, 4) is 6.07 Å². The fourth-order valence-corrected chi connectivity index (χ4v) is 4.00. The highest BCUT2D eigenvalue weighted by atomic mass is 32.2. The predicted molar refractivity (Wildman–Crippen MR) is 101 cm³/mol. The zero-order chi connectivity index (χ0) is 19.6. The van der Waals surface area contributed by atoms with Crippen molar-refractivity contribution in [2.75, 3.05) is 6.26 Å². The first kappa shape index (κ1) is 19.0. The largest absolute Gasteiger partial charge is 0.369 e. The van der Waals surface area contributed by atoms with Crippen LogP contribution < -0.4 is 11.1 Å². The van der Waals surface area contributed by atoms with Crippen molar-refractivity contribution in [1.29, 1.82) is 5.26 Å². The number of aliphatic hydroxyl groups is 1. The third kappa shape index (κ3) is 3.29. The van der Waals surface area contributed by atoms with Gasteiger partial charge in [0.15, 0.2) is 5.72 Å². The number of thioether (sulfide) groups is 1. The monoisotopic (exact) mass is 381 g/mol. The summed E-state index contributed by atoms with van der Waals surface area (Å²) in [5.41, 5.74) is 4.54. The SMILES string of the molecule is CSc1ccc([C@@H]2[C@H](C(N)=O)C(=O)N[C@@](O)(c3ccccc3)[C@@H]2C#N)cc1. The van der Waals surface area contributed by atoms with E-state index in [1.165, 1.54) is 0 Å². The van der Waals surface area contributed by atoms with Gasteiger partial charge in [-0.15, -0.1) is 11.8 Å². The van der Waals surface area contributed by atoms with Crippen LogP contribution in [0.2, 0.25) is 0 Å². The Kier molecular flexibility index (Phi) is 5.22. The number of piperidine rings is 1. The van der Waals surface area contributed by atoms with Crippen molar-refractivity contribution in [2.45, 2.75) is 16.5 Å². The van der Waals surface area contributed by atoms with Gasteiger partial charge in [0, 0.05) is 16.4 Å². The highest BCUT2D eigenvalue weighted by Gasteiger charge is 2.55. The second-order valence-electron chi connectivity index (χ2n) is 6.41. The first-order valence-electron chi connectivity index (χ1n) is 8.35. The third-order valence-corrected chi connectivity index (χ3v) is 5.67. The van der Waals surface area contributed by atoms with E-state index in [4.69, 9.17) is 5.73 Å². The van der Waals surface area contributed by atoms with Crippen LogP contribution in [0.1, 0.15) is 17.0 Å². The number of amides is 2. The van der Waals surface area contributed by atoms with Crippen LogP contribution in [0.5, 0.6) is 0 Å². The molecule has 138 valence electrons. The number of hydrogen-bond acceptors (Lipinski definition) is 5. The van der Waals surface area contributed by atoms with Crippen LogP contribution in [0.3, 0.4) is 0 Å². The Hall–Kier alpha value is -2.82. The molecule has 6 nitrogen and oxygen atoms in total. The second-order valence-corrected chi connectivity index (χ2v) is 7.29. The minimum atomic E-state index is -1.93. The molecule has 0 unspecified atom stereocenters. The molecule has 2 aromatic carbocycles. The second kappa shape index (κ2) is 7.43. The fourth-order valence-electron chi connectivity index (χ4n) is 3.59. The topological polar surface area (TPSA) is 116 Å². The Balaban J connectivity index is 2.16. The van der Waals surface area contributed by atoms with E-state index in [0.29, 0.717) is 11.1 Å². The van der Waals surface area contributed by atoms with Crippen LogP contribution >= 0.6 is 11.8 Å². The molecule has 4 N–H and O–H groups in total. The molecule has 1 aliphatic rings. The highest BCUT2D eigenvalue weighted by Crippen LogP contribution is 2.45. The zero-order valence-corrected chi connectivity index (χ0v) is 15.4. The zero-order valence-electron chi connectivity index (χ0n) is 14.6. The number of primary amides is 1. The molecule has 2 amide bonds. The molecule has 0 radical (unpaired) electrons. The summed E-state index contributed by atoms with van der Waals surface area (Å²) in [6.45, 7) is 0. The average Bonchev–Trinajstić information content (AvgIpc) is 2.68. The van der Waals surface area contributed by atoms with Crippen LogP contribution in [0.15, 0.2) is 59.5 Å². The molecule has 0 aliphatic carbocycles. The number of nitrogens with one attached hydrogen (secondary N) is 1. The number of benzene rings is 2. The molecule has 0 bridgehead atoms. The van der Waals surface area contributed by atoms with E-state index >= 15 is 0 Å². The van der Waals surface area contributed by atoms with Gasteiger partial charge in [0.25, 0.3) is 0 Å². The van der Waals surface area contributed by atoms with Gasteiger partial charge in [-0.25, -0.2) is 0 Å². The highest BCUT2D eigenvalue weighted by molar-refractivity contribution is 7.98. The molecule has 1 aliphatic heterocycles. The lowest BCUT2D eigenvalue weighted by atomic mass is 9.67. The lowest BCUT2D eigenvalue weighted by Crippen LogP contribution is -2.62. The van der Waals surface area contributed by atoms with Gasteiger partial charge in [0.05, 0.1) is 6.07 Å². The van der Waals surface area contributed by atoms with E-state index in [9.17, 15) is 20.0 Å². The molecule has 1 fully saturated rings. The molecular weight excluding hydrogens is 362 g/mol. The van der Waals surface area contributed by atoms with Crippen LogP contribution in [0.25, 0.3) is 0 Å². The molecular formula is C20H19N3O3S.